The molecule has 11 heteroatoms. The number of benzene rings is 1. The number of morpholine rings is 1. The third-order valence-electron chi connectivity index (χ3n) is 9.20. The van der Waals surface area contributed by atoms with Gasteiger partial charge in [-0.3, -0.25) is 9.59 Å². The first-order valence-electron chi connectivity index (χ1n) is 15.1. The smallest absolute Gasteiger partial charge is 0.254 e. The van der Waals surface area contributed by atoms with Crippen molar-refractivity contribution in [1.82, 2.24) is 24.1 Å². The molecule has 2 amide bonds. The van der Waals surface area contributed by atoms with Gasteiger partial charge in [0.05, 0.1) is 24.8 Å². The Hall–Kier alpha value is -3.41. The number of aromatic nitrogens is 2. The van der Waals surface area contributed by atoms with Crippen molar-refractivity contribution in [2.75, 3.05) is 66.2 Å². The van der Waals surface area contributed by atoms with Gasteiger partial charge in [0.2, 0.25) is 11.9 Å². The van der Waals surface area contributed by atoms with Gasteiger partial charge in [-0.1, -0.05) is 6.07 Å². The summed E-state index contributed by atoms with van der Waals surface area (Å²) in [5, 5.41) is 0. The number of nitrogens with zero attached hydrogens (tertiary/aromatic N) is 5. The Morgan fingerprint density at radius 3 is 2.58 bits per heavy atom. The third kappa shape index (κ3) is 5.90. The van der Waals surface area contributed by atoms with Gasteiger partial charge in [-0.05, 0) is 61.9 Å². The maximum absolute atomic E-state index is 15.3. The number of rotatable bonds is 7. The molecular formula is C32H39F2N5O4. The number of aryl methyl sites for hydroxylation is 1. The Bertz CT molecular complexity index is 1510. The molecule has 6 rings (SSSR count). The Morgan fingerprint density at radius 1 is 1.09 bits per heavy atom. The SMILES string of the molecule is COCC(=O)N1CCC(CN2CC(c3cc(-c4ccc(F)cc4C(=O)N4CCOC[C@H]4C)c4c(F)nc(C)n4c3)C2)CC1. The molecule has 3 saturated heterocycles. The average Bonchev–Trinajstić information content (AvgIpc) is 3.27. The Balaban J connectivity index is 1.24. The molecule has 9 nitrogen and oxygen atoms in total. The second kappa shape index (κ2) is 12.3. The number of carbonyl (C=O) groups excluding carboxylic acids is 2. The van der Waals surface area contributed by atoms with E-state index in [2.05, 4.69) is 9.88 Å². The molecule has 1 atom stereocenters. The Kier molecular flexibility index (Phi) is 8.48. The lowest BCUT2D eigenvalue weighted by molar-refractivity contribution is -0.136. The van der Waals surface area contributed by atoms with Crippen LogP contribution >= 0.6 is 0 Å². The molecular weight excluding hydrogens is 556 g/mol. The maximum atomic E-state index is 15.3. The number of hydrogen-bond acceptors (Lipinski definition) is 6. The van der Waals surface area contributed by atoms with E-state index in [0.29, 0.717) is 42.6 Å². The summed E-state index contributed by atoms with van der Waals surface area (Å²) in [6.07, 6.45) is 3.90. The predicted octanol–water partition coefficient (Wildman–Crippen LogP) is 3.73. The molecule has 0 spiro atoms. The van der Waals surface area contributed by atoms with E-state index in [0.717, 1.165) is 51.1 Å². The van der Waals surface area contributed by atoms with E-state index in [4.69, 9.17) is 9.47 Å². The van der Waals surface area contributed by atoms with Crippen LogP contribution in [-0.2, 0) is 14.3 Å². The monoisotopic (exact) mass is 595 g/mol. The molecule has 0 N–H and O–H groups in total. The second-order valence-corrected chi connectivity index (χ2v) is 12.1. The summed E-state index contributed by atoms with van der Waals surface area (Å²) >= 11 is 0. The van der Waals surface area contributed by atoms with Gasteiger partial charge in [0, 0.05) is 64.1 Å². The minimum absolute atomic E-state index is 0.0489. The zero-order valence-corrected chi connectivity index (χ0v) is 25.0. The van der Waals surface area contributed by atoms with E-state index in [1.165, 1.54) is 12.1 Å². The number of carbonyl (C=O) groups is 2. The van der Waals surface area contributed by atoms with Crippen molar-refractivity contribution >= 4 is 17.3 Å². The lowest BCUT2D eigenvalue weighted by atomic mass is 9.87. The molecule has 0 bridgehead atoms. The van der Waals surface area contributed by atoms with E-state index >= 15 is 4.39 Å². The van der Waals surface area contributed by atoms with Crippen LogP contribution in [0.25, 0.3) is 16.6 Å². The number of likely N-dealkylation sites (tertiary alicyclic amines) is 2. The van der Waals surface area contributed by atoms with Crippen LogP contribution in [0.3, 0.4) is 0 Å². The Morgan fingerprint density at radius 2 is 1.86 bits per heavy atom. The molecule has 3 aromatic rings. The van der Waals surface area contributed by atoms with Crippen molar-refractivity contribution in [3.63, 3.8) is 0 Å². The molecule has 0 saturated carbocycles. The van der Waals surface area contributed by atoms with Crippen LogP contribution in [0.15, 0.2) is 30.5 Å². The molecule has 43 heavy (non-hydrogen) atoms. The normalized spacial score (nSPS) is 20.5. The van der Waals surface area contributed by atoms with Crippen molar-refractivity contribution in [2.45, 2.75) is 38.6 Å². The highest BCUT2D eigenvalue weighted by Crippen LogP contribution is 2.37. The van der Waals surface area contributed by atoms with Crippen LogP contribution in [0.4, 0.5) is 8.78 Å². The number of hydrogen-bond donors (Lipinski definition) is 0. The summed E-state index contributed by atoms with van der Waals surface area (Å²) in [4.78, 5) is 36.0. The standard InChI is InChI=1S/C32H39F2N5O4/c1-20-18-43-11-10-38(20)32(41)28-13-25(33)4-5-26(28)27-12-23(17-39-21(2)35-31(34)30(27)39)24-15-36(16-24)14-22-6-8-37(9-7-22)29(40)19-42-3/h4-5,12-13,17,20,22,24H,6-11,14-16,18-19H2,1-3H3/t20-/m1/s1. The number of ether oxygens (including phenoxy) is 2. The second-order valence-electron chi connectivity index (χ2n) is 12.1. The number of imidazole rings is 1. The molecule has 230 valence electrons. The highest BCUT2D eigenvalue weighted by Gasteiger charge is 2.34. The van der Waals surface area contributed by atoms with E-state index in [1.54, 1.807) is 29.4 Å². The first kappa shape index (κ1) is 29.7. The molecule has 2 aromatic heterocycles. The number of methoxy groups -OCH3 is 1. The highest BCUT2D eigenvalue weighted by atomic mass is 19.1. The molecule has 0 unspecified atom stereocenters. The van der Waals surface area contributed by atoms with Gasteiger partial charge >= 0.3 is 0 Å². The lowest BCUT2D eigenvalue weighted by Crippen LogP contribution is -2.49. The predicted molar refractivity (Wildman–Crippen MR) is 157 cm³/mol. The fourth-order valence-corrected chi connectivity index (χ4v) is 6.75. The van der Waals surface area contributed by atoms with Crippen LogP contribution in [0, 0.1) is 24.6 Å². The largest absolute Gasteiger partial charge is 0.377 e. The van der Waals surface area contributed by atoms with Crippen LogP contribution in [-0.4, -0.2) is 108 Å². The molecule has 5 heterocycles. The van der Waals surface area contributed by atoms with E-state index in [1.807, 2.05) is 24.1 Å². The van der Waals surface area contributed by atoms with Gasteiger partial charge in [-0.2, -0.15) is 4.39 Å². The van der Waals surface area contributed by atoms with E-state index in [-0.39, 0.29) is 41.5 Å². The third-order valence-corrected chi connectivity index (χ3v) is 9.20. The van der Waals surface area contributed by atoms with Crippen LogP contribution in [0.2, 0.25) is 0 Å². The number of piperidine rings is 1. The fraction of sp³-hybridized carbons (Fsp3) is 0.531. The lowest BCUT2D eigenvalue weighted by Gasteiger charge is -2.43. The van der Waals surface area contributed by atoms with E-state index in [9.17, 15) is 14.0 Å². The first-order valence-corrected chi connectivity index (χ1v) is 15.1. The zero-order chi connectivity index (χ0) is 30.2. The molecule has 3 aliphatic rings. The van der Waals surface area contributed by atoms with Gasteiger partial charge in [-0.15, -0.1) is 0 Å². The van der Waals surface area contributed by atoms with Gasteiger partial charge in [0.25, 0.3) is 5.91 Å². The van der Waals surface area contributed by atoms with Crippen molar-refractivity contribution in [3.05, 3.63) is 59.2 Å². The zero-order valence-electron chi connectivity index (χ0n) is 25.0. The van der Waals surface area contributed by atoms with Crippen molar-refractivity contribution in [3.8, 4) is 11.1 Å². The minimum Gasteiger partial charge on any atom is -0.377 e. The molecule has 0 aliphatic carbocycles. The quantitative estimate of drug-likeness (QED) is 0.414. The van der Waals surface area contributed by atoms with Crippen LogP contribution in [0.5, 0.6) is 0 Å². The average molecular weight is 596 g/mol. The summed E-state index contributed by atoms with van der Waals surface area (Å²) in [5.74, 6) is -0.108. The number of fused-ring (bicyclic) bond motifs is 1. The van der Waals surface area contributed by atoms with Crippen LogP contribution in [0.1, 0.15) is 47.4 Å². The molecule has 3 fully saturated rings. The minimum atomic E-state index is -0.618. The molecule has 0 radical (unpaired) electrons. The number of pyridine rings is 1. The van der Waals surface area contributed by atoms with Crippen molar-refractivity contribution in [2.24, 2.45) is 5.92 Å². The van der Waals surface area contributed by atoms with Crippen LogP contribution < -0.4 is 0 Å². The topological polar surface area (TPSA) is 79.6 Å². The fourth-order valence-electron chi connectivity index (χ4n) is 6.75. The summed E-state index contributed by atoms with van der Waals surface area (Å²) in [5.41, 5.74) is 2.54. The first-order chi connectivity index (χ1) is 20.7. The highest BCUT2D eigenvalue weighted by molar-refractivity contribution is 6.03. The van der Waals surface area contributed by atoms with Gasteiger partial charge in [-0.25, -0.2) is 9.37 Å². The number of amides is 2. The van der Waals surface area contributed by atoms with Crippen molar-refractivity contribution < 1.29 is 27.8 Å². The maximum Gasteiger partial charge on any atom is 0.254 e. The molecule has 1 aromatic carbocycles. The summed E-state index contributed by atoms with van der Waals surface area (Å²) < 4.78 is 42.1. The summed E-state index contributed by atoms with van der Waals surface area (Å²) in [6, 6.07) is 5.94. The van der Waals surface area contributed by atoms with E-state index < -0.39 is 11.8 Å². The summed E-state index contributed by atoms with van der Waals surface area (Å²) in [6.45, 7) is 9.26. The Labute approximate surface area is 250 Å². The number of halogens is 2. The van der Waals surface area contributed by atoms with Crippen molar-refractivity contribution in [1.29, 1.82) is 0 Å². The van der Waals surface area contributed by atoms with Gasteiger partial charge < -0.3 is 28.6 Å². The van der Waals surface area contributed by atoms with Gasteiger partial charge in [0.1, 0.15) is 23.8 Å². The summed E-state index contributed by atoms with van der Waals surface area (Å²) in [7, 11) is 1.54. The van der Waals surface area contributed by atoms with Gasteiger partial charge in [0.15, 0.2) is 0 Å². The molecule has 3 aliphatic heterocycles.